The molecule has 2 aromatic rings. The Morgan fingerprint density at radius 1 is 0.947 bits per heavy atom. The third-order valence-electron chi connectivity index (χ3n) is 2.36. The lowest BCUT2D eigenvalue weighted by Gasteiger charge is -2.09. The van der Waals surface area contributed by atoms with Crippen LogP contribution in [0, 0.1) is 10.1 Å². The lowest BCUT2D eigenvalue weighted by atomic mass is 10.2. The molecule has 0 aliphatic carbocycles. The number of nitro benzene ring substituents is 1. The van der Waals surface area contributed by atoms with E-state index in [9.17, 15) is 10.1 Å². The van der Waals surface area contributed by atoms with E-state index < -0.39 is 4.92 Å². The minimum Gasteiger partial charge on any atom is -0.354 e. The summed E-state index contributed by atoms with van der Waals surface area (Å²) in [5, 5.41) is 14.7. The maximum Gasteiger partial charge on any atom is 0.271 e. The normalized spacial score (nSPS) is 10.3. The van der Waals surface area contributed by atoms with Crippen LogP contribution in [0.1, 0.15) is 0 Å². The maximum atomic E-state index is 10.6. The van der Waals surface area contributed by atoms with Gasteiger partial charge in [-0.15, -0.1) is 0 Å². The van der Waals surface area contributed by atoms with Crippen molar-refractivity contribution in [2.75, 3.05) is 5.32 Å². The van der Waals surface area contributed by atoms with Gasteiger partial charge >= 0.3 is 0 Å². The lowest BCUT2D eigenvalue weighted by molar-refractivity contribution is -0.384. The zero-order valence-electron chi connectivity index (χ0n) is 9.36. The van der Waals surface area contributed by atoms with Gasteiger partial charge in [0.2, 0.25) is 0 Å². The van der Waals surface area contributed by atoms with Crippen LogP contribution >= 0.6 is 34.8 Å². The minimum absolute atomic E-state index is 0.0651. The molecule has 0 heterocycles. The Hall–Kier alpha value is -1.49. The SMILES string of the molecule is O=[N+]([O-])c1ccc(Nc2ccc(Cl)c(Cl)c2)c(Cl)c1. The maximum absolute atomic E-state index is 10.6. The summed E-state index contributed by atoms with van der Waals surface area (Å²) in [7, 11) is 0. The van der Waals surface area contributed by atoms with E-state index in [4.69, 9.17) is 34.8 Å². The zero-order valence-corrected chi connectivity index (χ0v) is 11.6. The van der Waals surface area contributed by atoms with Crippen LogP contribution in [0.5, 0.6) is 0 Å². The number of hydrogen-bond donors (Lipinski definition) is 1. The molecule has 0 atom stereocenters. The first kappa shape index (κ1) is 13.9. The van der Waals surface area contributed by atoms with Crippen molar-refractivity contribution in [3.8, 4) is 0 Å². The Morgan fingerprint density at radius 2 is 1.68 bits per heavy atom. The van der Waals surface area contributed by atoms with E-state index in [1.165, 1.54) is 18.2 Å². The van der Waals surface area contributed by atoms with E-state index in [2.05, 4.69) is 5.32 Å². The molecule has 0 amide bonds. The molecule has 98 valence electrons. The fourth-order valence-corrected chi connectivity index (χ4v) is 1.97. The topological polar surface area (TPSA) is 55.2 Å². The summed E-state index contributed by atoms with van der Waals surface area (Å²) in [6.45, 7) is 0. The molecule has 7 heteroatoms. The van der Waals surface area contributed by atoms with Gasteiger partial charge in [-0.05, 0) is 24.3 Å². The summed E-state index contributed by atoms with van der Waals surface area (Å²) in [5.74, 6) is 0. The zero-order chi connectivity index (χ0) is 14.0. The van der Waals surface area contributed by atoms with E-state index in [0.29, 0.717) is 21.4 Å². The van der Waals surface area contributed by atoms with Gasteiger partial charge in [-0.25, -0.2) is 0 Å². The van der Waals surface area contributed by atoms with Gasteiger partial charge in [0.1, 0.15) is 0 Å². The van der Waals surface area contributed by atoms with Crippen LogP contribution in [0.15, 0.2) is 36.4 Å². The molecule has 0 spiro atoms. The molecule has 19 heavy (non-hydrogen) atoms. The third kappa shape index (κ3) is 3.29. The van der Waals surface area contributed by atoms with Crippen molar-refractivity contribution < 1.29 is 4.92 Å². The molecular weight excluding hydrogens is 311 g/mol. The van der Waals surface area contributed by atoms with Crippen LogP contribution in [-0.4, -0.2) is 4.92 Å². The molecule has 0 fully saturated rings. The molecule has 0 saturated heterocycles. The third-order valence-corrected chi connectivity index (χ3v) is 3.41. The van der Waals surface area contributed by atoms with E-state index >= 15 is 0 Å². The second-order valence-electron chi connectivity index (χ2n) is 3.68. The van der Waals surface area contributed by atoms with Crippen LogP contribution in [0.4, 0.5) is 17.1 Å². The first-order chi connectivity index (χ1) is 8.97. The Morgan fingerprint density at radius 3 is 2.26 bits per heavy atom. The average molecular weight is 318 g/mol. The molecule has 0 unspecified atom stereocenters. The standard InChI is InChI=1S/C12H7Cl3N2O2/c13-9-3-1-7(5-10(9)14)16-12-4-2-8(17(18)19)6-11(12)15/h1-6,16H. The molecule has 1 N–H and O–H groups in total. The smallest absolute Gasteiger partial charge is 0.271 e. The number of rotatable bonds is 3. The molecule has 2 aromatic carbocycles. The molecular formula is C12H7Cl3N2O2. The van der Waals surface area contributed by atoms with Crippen molar-refractivity contribution in [3.05, 3.63) is 61.6 Å². The van der Waals surface area contributed by atoms with Gasteiger partial charge in [0.25, 0.3) is 5.69 Å². The van der Waals surface area contributed by atoms with Gasteiger partial charge in [0.05, 0.1) is 25.7 Å². The Bertz CT molecular complexity index is 647. The van der Waals surface area contributed by atoms with Crippen molar-refractivity contribution >= 4 is 51.9 Å². The fourth-order valence-electron chi connectivity index (χ4n) is 1.45. The van der Waals surface area contributed by atoms with Gasteiger partial charge in [0, 0.05) is 17.8 Å². The first-order valence-electron chi connectivity index (χ1n) is 5.13. The average Bonchev–Trinajstić information content (AvgIpc) is 2.36. The van der Waals surface area contributed by atoms with Crippen molar-refractivity contribution in [1.82, 2.24) is 0 Å². The molecule has 0 aliphatic heterocycles. The van der Waals surface area contributed by atoms with Crippen LogP contribution < -0.4 is 5.32 Å². The van der Waals surface area contributed by atoms with Gasteiger partial charge in [-0.3, -0.25) is 10.1 Å². The van der Waals surface area contributed by atoms with E-state index in [1.54, 1.807) is 18.2 Å². The number of nitro groups is 1. The highest BCUT2D eigenvalue weighted by atomic mass is 35.5. The monoisotopic (exact) mass is 316 g/mol. The summed E-state index contributed by atoms with van der Waals surface area (Å²) < 4.78 is 0. The van der Waals surface area contributed by atoms with Crippen molar-refractivity contribution in [1.29, 1.82) is 0 Å². The van der Waals surface area contributed by atoms with E-state index in [-0.39, 0.29) is 10.7 Å². The molecule has 4 nitrogen and oxygen atoms in total. The Kier molecular flexibility index (Phi) is 4.14. The highest BCUT2D eigenvalue weighted by molar-refractivity contribution is 6.42. The fraction of sp³-hybridized carbons (Fsp3) is 0. The summed E-state index contributed by atoms with van der Waals surface area (Å²) in [4.78, 5) is 10.1. The number of halogens is 3. The molecule has 0 bridgehead atoms. The lowest BCUT2D eigenvalue weighted by Crippen LogP contribution is -1.93. The summed E-state index contributed by atoms with van der Waals surface area (Å²) in [6, 6.07) is 9.19. The number of anilines is 2. The van der Waals surface area contributed by atoms with Gasteiger partial charge in [-0.2, -0.15) is 0 Å². The molecule has 0 saturated carbocycles. The van der Waals surface area contributed by atoms with Crippen LogP contribution in [0.2, 0.25) is 15.1 Å². The predicted octanol–water partition coefficient (Wildman–Crippen LogP) is 5.30. The number of nitrogens with one attached hydrogen (secondary N) is 1. The molecule has 2 rings (SSSR count). The largest absolute Gasteiger partial charge is 0.354 e. The van der Waals surface area contributed by atoms with Crippen molar-refractivity contribution in [3.63, 3.8) is 0 Å². The summed E-state index contributed by atoms with van der Waals surface area (Å²) >= 11 is 17.7. The van der Waals surface area contributed by atoms with Crippen LogP contribution in [0.3, 0.4) is 0 Å². The number of benzene rings is 2. The highest BCUT2D eigenvalue weighted by Crippen LogP contribution is 2.31. The number of nitrogens with zero attached hydrogens (tertiary/aromatic N) is 1. The quantitative estimate of drug-likeness (QED) is 0.617. The van der Waals surface area contributed by atoms with Gasteiger partial charge in [-0.1, -0.05) is 34.8 Å². The second-order valence-corrected chi connectivity index (χ2v) is 4.90. The second kappa shape index (κ2) is 5.65. The number of non-ortho nitro benzene ring substituents is 1. The minimum atomic E-state index is -0.505. The molecule has 0 radical (unpaired) electrons. The van der Waals surface area contributed by atoms with E-state index in [1.807, 2.05) is 0 Å². The predicted molar refractivity (Wildman–Crippen MR) is 77.9 cm³/mol. The highest BCUT2D eigenvalue weighted by Gasteiger charge is 2.09. The molecule has 0 aliphatic rings. The summed E-state index contributed by atoms with van der Waals surface area (Å²) in [5.41, 5.74) is 1.17. The van der Waals surface area contributed by atoms with Crippen molar-refractivity contribution in [2.24, 2.45) is 0 Å². The number of hydrogen-bond acceptors (Lipinski definition) is 3. The van der Waals surface area contributed by atoms with Gasteiger partial charge in [0.15, 0.2) is 0 Å². The van der Waals surface area contributed by atoms with Crippen molar-refractivity contribution in [2.45, 2.75) is 0 Å². The summed E-state index contributed by atoms with van der Waals surface area (Å²) in [6.07, 6.45) is 0. The Balaban J connectivity index is 2.28. The first-order valence-corrected chi connectivity index (χ1v) is 6.27. The Labute approximate surface area is 124 Å². The van der Waals surface area contributed by atoms with Crippen LogP contribution in [0.25, 0.3) is 0 Å². The molecule has 0 aromatic heterocycles. The van der Waals surface area contributed by atoms with E-state index in [0.717, 1.165) is 0 Å². The van der Waals surface area contributed by atoms with Crippen LogP contribution in [-0.2, 0) is 0 Å². The van der Waals surface area contributed by atoms with Gasteiger partial charge < -0.3 is 5.32 Å².